The highest BCUT2D eigenvalue weighted by atomic mass is 35.5. The molecule has 1 saturated heterocycles. The summed E-state index contributed by atoms with van der Waals surface area (Å²) in [5.74, 6) is 0.170. The predicted octanol–water partition coefficient (Wildman–Crippen LogP) is 2.35. The molecule has 0 N–H and O–H groups in total. The third-order valence-corrected chi connectivity index (χ3v) is 10.6. The van der Waals surface area contributed by atoms with Crippen molar-refractivity contribution in [2.75, 3.05) is 33.3 Å². The summed E-state index contributed by atoms with van der Waals surface area (Å²) in [4.78, 5) is 11.7. The van der Waals surface area contributed by atoms with Crippen LogP contribution < -0.4 is 9.61 Å². The summed E-state index contributed by atoms with van der Waals surface area (Å²) < 4.78 is 62.9. The molecule has 178 valence electrons. The van der Waals surface area contributed by atoms with Gasteiger partial charge in [-0.3, -0.25) is 4.79 Å². The molecule has 1 aliphatic heterocycles. The van der Waals surface area contributed by atoms with E-state index in [1.165, 1.54) is 50.6 Å². The lowest BCUT2D eigenvalue weighted by atomic mass is 10.3. The molecule has 3 aromatic rings. The van der Waals surface area contributed by atoms with Gasteiger partial charge in [0, 0.05) is 38.2 Å². The van der Waals surface area contributed by atoms with E-state index in [1.807, 2.05) is 0 Å². The van der Waals surface area contributed by atoms with Crippen LogP contribution in [0, 0.1) is 0 Å². The first-order valence-electron chi connectivity index (χ1n) is 9.99. The number of fused-ring (bicyclic) bond motifs is 1. The van der Waals surface area contributed by atoms with Crippen molar-refractivity contribution in [2.45, 2.75) is 16.2 Å². The standard InChI is InChI=1S/C20H22ClN3O6S3/c1-22-16-6-5-15(13-18(16)31-20(22)25)32(26,27)23-8-3-9-24(11-10-23)33(28,29)19-12-14(21)4-7-17(19)30-2/h4-7,12-13H,3,8-11H2,1-2H3. The van der Waals surface area contributed by atoms with E-state index in [-0.39, 0.29) is 51.6 Å². The summed E-state index contributed by atoms with van der Waals surface area (Å²) in [7, 11) is -4.81. The lowest BCUT2D eigenvalue weighted by Crippen LogP contribution is -2.37. The van der Waals surface area contributed by atoms with Crippen molar-refractivity contribution in [1.29, 1.82) is 0 Å². The van der Waals surface area contributed by atoms with E-state index in [0.29, 0.717) is 16.6 Å². The van der Waals surface area contributed by atoms with Gasteiger partial charge in [0.25, 0.3) is 0 Å². The number of rotatable bonds is 5. The molecule has 33 heavy (non-hydrogen) atoms. The molecule has 2 aromatic carbocycles. The van der Waals surface area contributed by atoms with Crippen molar-refractivity contribution < 1.29 is 21.6 Å². The van der Waals surface area contributed by atoms with Gasteiger partial charge in [-0.05, 0) is 42.8 Å². The van der Waals surface area contributed by atoms with E-state index < -0.39 is 20.0 Å². The molecule has 4 rings (SSSR count). The quantitative estimate of drug-likeness (QED) is 0.500. The zero-order valence-electron chi connectivity index (χ0n) is 17.9. The number of aryl methyl sites for hydroxylation is 1. The molecule has 13 heteroatoms. The van der Waals surface area contributed by atoms with Crippen LogP contribution in [0.3, 0.4) is 0 Å². The number of hydrogen-bond acceptors (Lipinski definition) is 7. The van der Waals surface area contributed by atoms with Crippen LogP contribution in [-0.2, 0) is 27.1 Å². The van der Waals surface area contributed by atoms with Gasteiger partial charge in [-0.15, -0.1) is 0 Å². The average Bonchev–Trinajstić information content (AvgIpc) is 2.95. The predicted molar refractivity (Wildman–Crippen MR) is 127 cm³/mol. The molecule has 0 atom stereocenters. The van der Waals surface area contributed by atoms with Gasteiger partial charge < -0.3 is 9.30 Å². The van der Waals surface area contributed by atoms with Gasteiger partial charge in [-0.25, -0.2) is 16.8 Å². The summed E-state index contributed by atoms with van der Waals surface area (Å²) in [5, 5.41) is 0.256. The normalized spacial score (nSPS) is 16.7. The van der Waals surface area contributed by atoms with E-state index in [4.69, 9.17) is 16.3 Å². The molecule has 0 radical (unpaired) electrons. The van der Waals surface area contributed by atoms with Gasteiger partial charge >= 0.3 is 4.87 Å². The lowest BCUT2D eigenvalue weighted by Gasteiger charge is -2.22. The molecule has 2 heterocycles. The molecular weight excluding hydrogens is 510 g/mol. The lowest BCUT2D eigenvalue weighted by molar-refractivity contribution is 0.388. The van der Waals surface area contributed by atoms with Crippen LogP contribution in [0.4, 0.5) is 0 Å². The van der Waals surface area contributed by atoms with Crippen molar-refractivity contribution in [3.8, 4) is 5.75 Å². The number of hydrogen-bond donors (Lipinski definition) is 0. The number of benzene rings is 2. The largest absolute Gasteiger partial charge is 0.495 e. The minimum atomic E-state index is -3.95. The second-order valence-electron chi connectivity index (χ2n) is 7.51. The Bertz CT molecular complexity index is 1480. The number of methoxy groups -OCH3 is 1. The molecular formula is C20H22ClN3O6S3. The van der Waals surface area contributed by atoms with E-state index >= 15 is 0 Å². The van der Waals surface area contributed by atoms with Crippen LogP contribution in [0.2, 0.25) is 5.02 Å². The molecule has 0 bridgehead atoms. The van der Waals surface area contributed by atoms with Crippen LogP contribution in [0.1, 0.15) is 6.42 Å². The average molecular weight is 532 g/mol. The minimum absolute atomic E-state index is 0.00644. The number of nitrogens with zero attached hydrogens (tertiary/aromatic N) is 3. The maximum atomic E-state index is 13.3. The number of halogens is 1. The van der Waals surface area contributed by atoms with Crippen molar-refractivity contribution in [2.24, 2.45) is 7.05 Å². The summed E-state index contributed by atoms with van der Waals surface area (Å²) >= 11 is 6.99. The highest BCUT2D eigenvalue weighted by molar-refractivity contribution is 7.89. The Morgan fingerprint density at radius 3 is 2.27 bits per heavy atom. The highest BCUT2D eigenvalue weighted by Crippen LogP contribution is 2.31. The number of sulfonamides is 2. The summed E-state index contributed by atoms with van der Waals surface area (Å²) in [6.07, 6.45) is 0.322. The summed E-state index contributed by atoms with van der Waals surface area (Å²) in [6, 6.07) is 8.93. The minimum Gasteiger partial charge on any atom is -0.495 e. The first-order chi connectivity index (χ1) is 15.6. The molecule has 0 saturated carbocycles. The zero-order valence-corrected chi connectivity index (χ0v) is 21.1. The molecule has 0 amide bonds. The van der Waals surface area contributed by atoms with Crippen LogP contribution in [-0.4, -0.2) is 63.3 Å². The number of ether oxygens (including phenoxy) is 1. The van der Waals surface area contributed by atoms with Gasteiger partial charge in [-0.2, -0.15) is 8.61 Å². The SMILES string of the molecule is COc1ccc(Cl)cc1S(=O)(=O)N1CCCN(S(=O)(=O)c2ccc3c(c2)sc(=O)n3C)CC1. The summed E-state index contributed by atoms with van der Waals surface area (Å²) in [5.41, 5.74) is 0.660. The Morgan fingerprint density at radius 2 is 1.61 bits per heavy atom. The Morgan fingerprint density at radius 1 is 0.939 bits per heavy atom. The van der Waals surface area contributed by atoms with Crippen molar-refractivity contribution in [3.63, 3.8) is 0 Å². The molecule has 1 fully saturated rings. The van der Waals surface area contributed by atoms with Crippen LogP contribution in [0.15, 0.2) is 51.0 Å². The third kappa shape index (κ3) is 4.43. The van der Waals surface area contributed by atoms with Gasteiger partial charge in [-0.1, -0.05) is 22.9 Å². The van der Waals surface area contributed by atoms with Gasteiger partial charge in [0.05, 0.1) is 22.2 Å². The van der Waals surface area contributed by atoms with E-state index in [2.05, 4.69) is 0 Å². The fourth-order valence-corrected chi connectivity index (χ4v) is 8.14. The Kier molecular flexibility index (Phi) is 6.60. The molecule has 9 nitrogen and oxygen atoms in total. The van der Waals surface area contributed by atoms with Crippen LogP contribution >= 0.6 is 22.9 Å². The monoisotopic (exact) mass is 531 g/mol. The first kappa shape index (κ1) is 24.2. The Hall–Kier alpha value is -1.96. The van der Waals surface area contributed by atoms with E-state index in [0.717, 1.165) is 11.3 Å². The maximum Gasteiger partial charge on any atom is 0.307 e. The number of thiazole rings is 1. The summed E-state index contributed by atoms with van der Waals surface area (Å²) in [6.45, 7) is 0.305. The second kappa shape index (κ2) is 9.01. The maximum absolute atomic E-state index is 13.3. The highest BCUT2D eigenvalue weighted by Gasteiger charge is 2.33. The number of aromatic nitrogens is 1. The molecule has 0 aliphatic carbocycles. The van der Waals surface area contributed by atoms with Gasteiger partial charge in [0.15, 0.2) is 0 Å². The van der Waals surface area contributed by atoms with Crippen molar-refractivity contribution in [3.05, 3.63) is 51.1 Å². The van der Waals surface area contributed by atoms with Crippen LogP contribution in [0.25, 0.3) is 10.2 Å². The topological polar surface area (TPSA) is 106 Å². The molecule has 0 spiro atoms. The van der Waals surface area contributed by atoms with E-state index in [9.17, 15) is 21.6 Å². The van der Waals surface area contributed by atoms with Crippen LogP contribution in [0.5, 0.6) is 5.75 Å². The van der Waals surface area contributed by atoms with Crippen molar-refractivity contribution in [1.82, 2.24) is 13.2 Å². The fraction of sp³-hybridized carbons (Fsp3) is 0.350. The van der Waals surface area contributed by atoms with Gasteiger partial charge in [0.2, 0.25) is 20.0 Å². The molecule has 1 aromatic heterocycles. The zero-order chi connectivity index (χ0) is 24.0. The Labute approximate surface area is 200 Å². The van der Waals surface area contributed by atoms with Gasteiger partial charge in [0.1, 0.15) is 10.6 Å². The Balaban J connectivity index is 1.60. The molecule has 1 aliphatic rings. The first-order valence-corrected chi connectivity index (χ1v) is 14.1. The second-order valence-corrected chi connectivity index (χ2v) is 12.8. The third-order valence-electron chi connectivity index (χ3n) is 5.56. The molecule has 0 unspecified atom stereocenters. The fourth-order valence-electron chi connectivity index (χ4n) is 3.77. The van der Waals surface area contributed by atoms with E-state index in [1.54, 1.807) is 13.1 Å². The van der Waals surface area contributed by atoms with Crippen molar-refractivity contribution >= 4 is 53.2 Å². The smallest absolute Gasteiger partial charge is 0.307 e.